The molecule has 0 aromatic heterocycles. The van der Waals surface area contributed by atoms with Crippen LogP contribution in [0.1, 0.15) is 5.56 Å². The van der Waals surface area contributed by atoms with Gasteiger partial charge in [0, 0.05) is 6.42 Å². The van der Waals surface area contributed by atoms with Crippen LogP contribution in [0.2, 0.25) is 0 Å². The van der Waals surface area contributed by atoms with Gasteiger partial charge in [-0.05, 0) is 17.7 Å². The smallest absolute Gasteiger partial charge is 0.323 e. The van der Waals surface area contributed by atoms with E-state index in [1.165, 1.54) is 6.41 Å². The minimum atomic E-state index is -1.09. The van der Waals surface area contributed by atoms with E-state index in [0.717, 1.165) is 5.56 Å². The van der Waals surface area contributed by atoms with E-state index in [1.54, 1.807) is 30.3 Å². The van der Waals surface area contributed by atoms with Crippen LogP contribution in [0.25, 0.3) is 0 Å². The number of benzene rings is 1. The van der Waals surface area contributed by atoms with Crippen molar-refractivity contribution in [3.05, 3.63) is 42.5 Å². The van der Waals surface area contributed by atoms with Gasteiger partial charge in [0.2, 0.25) is 0 Å². The molecule has 0 saturated carbocycles. The summed E-state index contributed by atoms with van der Waals surface area (Å²) >= 11 is 0. The molecule has 1 aromatic carbocycles. The summed E-state index contributed by atoms with van der Waals surface area (Å²) in [7, 11) is 0. The van der Waals surface area contributed by atoms with Crippen molar-refractivity contribution in [3.63, 3.8) is 0 Å². The Morgan fingerprint density at radius 1 is 1.47 bits per heavy atom. The Balaban J connectivity index is 0.00000324. The van der Waals surface area contributed by atoms with Crippen LogP contribution in [0.3, 0.4) is 0 Å². The zero-order valence-electron chi connectivity index (χ0n) is 10.0. The number of carboxylic acids is 1. The summed E-state index contributed by atoms with van der Waals surface area (Å²) in [5, 5.41) is 11.0. The predicted molar refractivity (Wildman–Crippen MR) is 66.1 cm³/mol. The standard InChI is InChI=1S/C13H14NO4.Fm/c1-2-7-18-11-5-3-10(4-6-11)8-12(13(16)17)14-9-15;/h2-6,12H,1,7-8H2,(H,14,15)(H,16,17);/q-1;/t12-;/m0./s1. The fourth-order valence-electron chi connectivity index (χ4n) is 1.38. The van der Waals surface area contributed by atoms with Crippen molar-refractivity contribution < 1.29 is 19.4 Å². The van der Waals surface area contributed by atoms with Crippen LogP contribution in [0, 0.1) is 0 Å². The summed E-state index contributed by atoms with van der Waals surface area (Å²) < 4.78 is 5.30. The Morgan fingerprint density at radius 3 is 2.58 bits per heavy atom. The number of rotatable bonds is 8. The maximum absolute atomic E-state index is 10.8. The molecule has 0 radical (unpaired) electrons. The molecule has 1 aromatic rings. The Bertz CT molecular complexity index is 419. The number of hydrogen-bond acceptors (Lipinski definition) is 3. The van der Waals surface area contributed by atoms with E-state index < -0.39 is 12.0 Å². The van der Waals surface area contributed by atoms with E-state index >= 15 is 0 Å². The molecule has 5 nitrogen and oxygen atoms in total. The van der Waals surface area contributed by atoms with Crippen molar-refractivity contribution in [2.24, 2.45) is 0 Å². The molecule has 0 unspecified atom stereocenters. The van der Waals surface area contributed by atoms with Crippen molar-refractivity contribution in [1.82, 2.24) is 5.32 Å². The third kappa shape index (κ3) is 5.04. The number of carbonyl (C=O) groups excluding carboxylic acids is 1. The maximum atomic E-state index is 10.8. The molecule has 19 heavy (non-hydrogen) atoms. The van der Waals surface area contributed by atoms with Crippen LogP contribution in [0.15, 0.2) is 36.9 Å². The molecule has 1 amide bonds. The molecule has 0 heterocycles. The number of nitrogens with one attached hydrogen (secondary N) is 1. The van der Waals surface area contributed by atoms with Crippen LogP contribution in [0.5, 0.6) is 5.75 Å². The van der Waals surface area contributed by atoms with Crippen molar-refractivity contribution in [2.45, 2.75) is 12.5 Å². The number of ether oxygens (including phenoxy) is 1. The fraction of sp³-hybridized carbons (Fsp3) is 0.231. The number of carboxylic acid groups (broad SMARTS) is 1. The van der Waals surface area contributed by atoms with Gasteiger partial charge >= 0.3 is 5.97 Å². The normalized spacial score (nSPS) is 10.7. The zero-order chi connectivity index (χ0) is 13.4. The third-order valence-corrected chi connectivity index (χ3v) is 2.26. The molecule has 0 aliphatic rings. The van der Waals surface area contributed by atoms with Crippen molar-refractivity contribution in [1.29, 1.82) is 0 Å². The van der Waals surface area contributed by atoms with Gasteiger partial charge in [0.05, 0.1) is 0 Å². The van der Waals surface area contributed by atoms with Crippen molar-refractivity contribution in [2.75, 3.05) is 6.61 Å². The van der Waals surface area contributed by atoms with Gasteiger partial charge in [-0.1, -0.05) is 24.8 Å². The SMILES string of the molecule is C=CCOc1ccc(C[C@H](N[C-]=O)C(=O)O)cc1.[Fm]. The topological polar surface area (TPSA) is 75.6 Å². The van der Waals surface area contributed by atoms with Gasteiger partial charge in [-0.15, -0.1) is 0 Å². The summed E-state index contributed by atoms with van der Waals surface area (Å²) in [4.78, 5) is 21.0. The summed E-state index contributed by atoms with van der Waals surface area (Å²) in [5.41, 5.74) is 0.788. The molecule has 1 rings (SSSR count). The van der Waals surface area contributed by atoms with Gasteiger partial charge in [0.1, 0.15) is 18.4 Å². The van der Waals surface area contributed by atoms with Crippen LogP contribution in [-0.4, -0.2) is 30.1 Å². The first kappa shape index (κ1) is 15.7. The minimum Gasteiger partial charge on any atom is -0.520 e. The number of carbonyl (C=O) groups is 1. The third-order valence-electron chi connectivity index (χ3n) is 2.26. The molecule has 6 heteroatoms. The molecule has 1 atom stereocenters. The second-order valence-electron chi connectivity index (χ2n) is 3.58. The van der Waals surface area contributed by atoms with Crippen LogP contribution < -0.4 is 10.1 Å². The summed E-state index contributed by atoms with van der Waals surface area (Å²) in [6, 6.07) is 6.01. The molecule has 108 valence electrons. The van der Waals surface area contributed by atoms with Crippen LogP contribution in [0.4, 0.5) is 0 Å². The zero-order valence-corrected chi connectivity index (χ0v) is 12.4. The molecular formula is C13H14FmNO4-. The predicted octanol–water partition coefficient (Wildman–Crippen LogP) is 0.904. The Morgan fingerprint density at radius 2 is 2.11 bits per heavy atom. The van der Waals surface area contributed by atoms with E-state index in [2.05, 4.69) is 11.9 Å². The van der Waals surface area contributed by atoms with Crippen LogP contribution in [-0.2, 0) is 16.0 Å². The fourth-order valence-corrected chi connectivity index (χ4v) is 1.38. The molecule has 0 saturated heterocycles. The Kier molecular flexibility index (Phi) is 6.52. The molecule has 0 bridgehead atoms. The minimum absolute atomic E-state index is 0. The second-order valence-corrected chi connectivity index (χ2v) is 3.58. The molecular weight excluding hydrogens is 491 g/mol. The molecule has 2 N–H and O–H groups in total. The van der Waals surface area contributed by atoms with Gasteiger partial charge < -0.3 is 20.0 Å². The van der Waals surface area contributed by atoms with Crippen molar-refractivity contribution >= 4 is 12.4 Å². The largest absolute Gasteiger partial charge is 0.520 e. The van der Waals surface area contributed by atoms with Gasteiger partial charge in [0.25, 0.3) is 0 Å². The Labute approximate surface area is 105 Å². The first-order valence-corrected chi connectivity index (χ1v) is 5.35. The van der Waals surface area contributed by atoms with Gasteiger partial charge in [-0.25, -0.2) is 0 Å². The van der Waals surface area contributed by atoms with E-state index in [4.69, 9.17) is 9.84 Å². The van der Waals surface area contributed by atoms with Gasteiger partial charge in [-0.2, -0.15) is 6.41 Å². The average molecular weight is 505 g/mol. The molecule has 0 spiro atoms. The number of aliphatic carboxylic acids is 1. The van der Waals surface area contributed by atoms with E-state index in [9.17, 15) is 9.59 Å². The second kappa shape index (κ2) is 7.89. The molecule has 0 aliphatic carbocycles. The van der Waals surface area contributed by atoms with E-state index in [-0.39, 0.29) is 6.42 Å². The Hall–Kier alpha value is -3.30. The quantitative estimate of drug-likeness (QED) is 0.313. The first-order chi connectivity index (χ1) is 8.67. The average Bonchev–Trinajstić information content (AvgIpc) is 2.37. The summed E-state index contributed by atoms with van der Waals surface area (Å²) in [6.07, 6.45) is 3.23. The van der Waals surface area contributed by atoms with Crippen LogP contribution >= 0.6 is 0 Å². The summed E-state index contributed by atoms with van der Waals surface area (Å²) in [5.74, 6) is -0.411. The van der Waals surface area contributed by atoms with Gasteiger partial charge in [-0.3, -0.25) is 4.79 Å². The van der Waals surface area contributed by atoms with E-state index in [0.29, 0.717) is 12.4 Å². The maximum Gasteiger partial charge on any atom is 0.323 e. The monoisotopic (exact) mass is 505 g/mol. The number of hydrogen-bond donors (Lipinski definition) is 2. The first-order valence-electron chi connectivity index (χ1n) is 5.35. The molecule has 0 fully saturated rings. The number of amides is 1. The molecule has 0 aliphatic heterocycles. The van der Waals surface area contributed by atoms with Gasteiger partial charge in [0.15, 0.2) is 0 Å². The van der Waals surface area contributed by atoms with Crippen molar-refractivity contribution in [3.8, 4) is 5.75 Å². The summed E-state index contributed by atoms with van der Waals surface area (Å²) in [6.45, 7) is 3.95. The van der Waals surface area contributed by atoms with E-state index in [1.807, 2.05) is 0 Å².